The van der Waals surface area contributed by atoms with Crippen LogP contribution in [-0.4, -0.2) is 23.5 Å². The average Bonchev–Trinajstić information content (AvgIpc) is 2.88. The first kappa shape index (κ1) is 13.5. The number of non-ortho nitro benzene ring substituents is 1. The molecule has 0 aliphatic rings. The molecule has 0 atom stereocenters. The van der Waals surface area contributed by atoms with Gasteiger partial charge in [-0.15, -0.1) is 11.3 Å². The van der Waals surface area contributed by atoms with E-state index < -0.39 is 0 Å². The third-order valence-electron chi connectivity index (χ3n) is 2.95. The molecule has 0 bridgehead atoms. The molecular formula is C13H15N3O2S. The van der Waals surface area contributed by atoms with Crippen LogP contribution in [0.3, 0.4) is 0 Å². The van der Waals surface area contributed by atoms with E-state index in [-0.39, 0.29) is 10.6 Å². The Kier molecular flexibility index (Phi) is 4.11. The predicted octanol–water partition coefficient (Wildman–Crippen LogP) is 3.04. The van der Waals surface area contributed by atoms with Crippen LogP contribution in [0.25, 0.3) is 0 Å². The van der Waals surface area contributed by atoms with Crippen molar-refractivity contribution in [3.05, 3.63) is 50.5 Å². The smallest absolute Gasteiger partial charge is 0.269 e. The predicted molar refractivity (Wildman–Crippen MR) is 76.9 cm³/mol. The lowest BCUT2D eigenvalue weighted by atomic mass is 10.1. The fourth-order valence-electron chi connectivity index (χ4n) is 1.94. The Bertz CT molecular complexity index is 569. The SMILES string of the molecule is Cc1cc([N+](=O)[O-])ccc1N(C)CCc1nccs1. The molecule has 0 radical (unpaired) electrons. The maximum absolute atomic E-state index is 10.7. The van der Waals surface area contributed by atoms with Crippen LogP contribution in [-0.2, 0) is 6.42 Å². The van der Waals surface area contributed by atoms with Gasteiger partial charge >= 0.3 is 0 Å². The van der Waals surface area contributed by atoms with Gasteiger partial charge in [-0.25, -0.2) is 4.98 Å². The van der Waals surface area contributed by atoms with E-state index in [1.54, 1.807) is 35.7 Å². The number of nitro groups is 1. The van der Waals surface area contributed by atoms with Crippen LogP contribution in [0.4, 0.5) is 11.4 Å². The summed E-state index contributed by atoms with van der Waals surface area (Å²) in [6.45, 7) is 2.73. The minimum absolute atomic E-state index is 0.134. The summed E-state index contributed by atoms with van der Waals surface area (Å²) in [5, 5.41) is 13.8. The van der Waals surface area contributed by atoms with Gasteiger partial charge in [0, 0.05) is 49.4 Å². The van der Waals surface area contributed by atoms with Gasteiger partial charge in [0.25, 0.3) is 5.69 Å². The highest BCUT2D eigenvalue weighted by atomic mass is 32.1. The molecule has 0 amide bonds. The Labute approximate surface area is 115 Å². The number of aromatic nitrogens is 1. The first-order valence-corrected chi connectivity index (χ1v) is 6.80. The molecule has 0 aliphatic heterocycles. The topological polar surface area (TPSA) is 59.3 Å². The summed E-state index contributed by atoms with van der Waals surface area (Å²) in [5.41, 5.74) is 2.06. The fraction of sp³-hybridized carbons (Fsp3) is 0.308. The highest BCUT2D eigenvalue weighted by Crippen LogP contribution is 2.24. The van der Waals surface area contributed by atoms with Gasteiger partial charge in [0.1, 0.15) is 0 Å². The van der Waals surface area contributed by atoms with Gasteiger partial charge < -0.3 is 4.90 Å². The van der Waals surface area contributed by atoms with Crippen molar-refractivity contribution in [2.45, 2.75) is 13.3 Å². The van der Waals surface area contributed by atoms with Crippen LogP contribution in [0.1, 0.15) is 10.6 Å². The molecule has 19 heavy (non-hydrogen) atoms. The van der Waals surface area contributed by atoms with Crippen LogP contribution in [0.15, 0.2) is 29.8 Å². The van der Waals surface area contributed by atoms with E-state index in [9.17, 15) is 10.1 Å². The zero-order valence-corrected chi connectivity index (χ0v) is 11.7. The lowest BCUT2D eigenvalue weighted by molar-refractivity contribution is -0.384. The summed E-state index contributed by atoms with van der Waals surface area (Å²) in [7, 11) is 1.99. The number of nitro benzene ring substituents is 1. The summed E-state index contributed by atoms with van der Waals surface area (Å²) in [4.78, 5) is 16.7. The molecule has 2 aromatic rings. The third kappa shape index (κ3) is 3.29. The number of thiazole rings is 1. The molecule has 0 aliphatic carbocycles. The lowest BCUT2D eigenvalue weighted by Gasteiger charge is -2.20. The Morgan fingerprint density at radius 3 is 2.84 bits per heavy atom. The molecule has 6 heteroatoms. The Morgan fingerprint density at radius 1 is 1.47 bits per heavy atom. The van der Waals surface area contributed by atoms with Crippen LogP contribution in [0.5, 0.6) is 0 Å². The fourth-order valence-corrected chi connectivity index (χ4v) is 2.55. The molecule has 100 valence electrons. The van der Waals surface area contributed by atoms with Crippen molar-refractivity contribution in [2.75, 3.05) is 18.5 Å². The van der Waals surface area contributed by atoms with Crippen LogP contribution >= 0.6 is 11.3 Å². The number of nitrogens with zero attached hydrogens (tertiary/aromatic N) is 3. The Balaban J connectivity index is 2.06. The van der Waals surface area contributed by atoms with Gasteiger partial charge in [0.05, 0.1) is 9.93 Å². The van der Waals surface area contributed by atoms with Gasteiger partial charge in [0.2, 0.25) is 0 Å². The van der Waals surface area contributed by atoms with E-state index in [2.05, 4.69) is 9.88 Å². The molecule has 0 unspecified atom stereocenters. The first-order chi connectivity index (χ1) is 9.08. The van der Waals surface area contributed by atoms with E-state index in [1.807, 2.05) is 19.4 Å². The summed E-state index contributed by atoms with van der Waals surface area (Å²) in [6.07, 6.45) is 2.68. The van der Waals surface area contributed by atoms with Crippen molar-refractivity contribution in [3.63, 3.8) is 0 Å². The second kappa shape index (κ2) is 5.79. The van der Waals surface area contributed by atoms with Crippen LogP contribution < -0.4 is 4.90 Å². The van der Waals surface area contributed by atoms with Gasteiger partial charge in [0.15, 0.2) is 0 Å². The van der Waals surface area contributed by atoms with Gasteiger partial charge in [-0.2, -0.15) is 0 Å². The number of anilines is 1. The molecule has 2 rings (SSSR count). The molecule has 1 aromatic carbocycles. The quantitative estimate of drug-likeness (QED) is 0.622. The molecule has 1 aromatic heterocycles. The zero-order valence-electron chi connectivity index (χ0n) is 10.9. The van der Waals surface area contributed by atoms with Crippen molar-refractivity contribution in [1.82, 2.24) is 4.98 Å². The molecule has 0 saturated carbocycles. The normalized spacial score (nSPS) is 10.4. The standard InChI is InChI=1S/C13H15N3O2S/c1-10-9-11(16(17)18)3-4-12(10)15(2)7-5-13-14-6-8-19-13/h3-4,6,8-9H,5,7H2,1-2H3. The van der Waals surface area contributed by atoms with E-state index in [0.717, 1.165) is 29.2 Å². The van der Waals surface area contributed by atoms with E-state index in [1.165, 1.54) is 0 Å². The summed E-state index contributed by atoms with van der Waals surface area (Å²) < 4.78 is 0. The van der Waals surface area contributed by atoms with Crippen LogP contribution in [0, 0.1) is 17.0 Å². The highest BCUT2D eigenvalue weighted by molar-refractivity contribution is 7.09. The zero-order chi connectivity index (χ0) is 13.8. The molecule has 5 nitrogen and oxygen atoms in total. The van der Waals surface area contributed by atoms with Gasteiger partial charge in [-0.1, -0.05) is 0 Å². The number of hydrogen-bond acceptors (Lipinski definition) is 5. The molecular weight excluding hydrogens is 262 g/mol. The van der Waals surface area contributed by atoms with E-state index >= 15 is 0 Å². The average molecular weight is 277 g/mol. The maximum Gasteiger partial charge on any atom is 0.269 e. The number of aryl methyl sites for hydroxylation is 1. The first-order valence-electron chi connectivity index (χ1n) is 5.92. The maximum atomic E-state index is 10.7. The lowest BCUT2D eigenvalue weighted by Crippen LogP contribution is -2.21. The number of benzene rings is 1. The van der Waals surface area contributed by atoms with Crippen molar-refractivity contribution in [3.8, 4) is 0 Å². The Hall–Kier alpha value is -1.95. The van der Waals surface area contributed by atoms with Gasteiger partial charge in [-0.05, 0) is 18.6 Å². The summed E-state index contributed by atoms with van der Waals surface area (Å²) >= 11 is 1.64. The minimum Gasteiger partial charge on any atom is -0.374 e. The summed E-state index contributed by atoms with van der Waals surface area (Å²) in [6, 6.07) is 4.95. The van der Waals surface area contributed by atoms with E-state index in [4.69, 9.17) is 0 Å². The molecule has 0 spiro atoms. The number of likely N-dealkylation sites (N-methyl/N-ethyl adjacent to an activating group) is 1. The molecule has 0 N–H and O–H groups in total. The summed E-state index contributed by atoms with van der Waals surface area (Å²) in [5.74, 6) is 0. The van der Waals surface area contributed by atoms with Gasteiger partial charge in [-0.3, -0.25) is 10.1 Å². The monoisotopic (exact) mass is 277 g/mol. The number of hydrogen-bond donors (Lipinski definition) is 0. The van der Waals surface area contributed by atoms with Crippen LogP contribution in [0.2, 0.25) is 0 Å². The molecule has 0 fully saturated rings. The Morgan fingerprint density at radius 2 is 2.26 bits per heavy atom. The third-order valence-corrected chi connectivity index (χ3v) is 3.79. The second-order valence-corrected chi connectivity index (χ2v) is 5.30. The van der Waals surface area contributed by atoms with E-state index in [0.29, 0.717) is 0 Å². The minimum atomic E-state index is -0.369. The largest absolute Gasteiger partial charge is 0.374 e. The molecule has 0 saturated heterocycles. The van der Waals surface area contributed by atoms with Crippen molar-refractivity contribution in [1.29, 1.82) is 0 Å². The van der Waals surface area contributed by atoms with Crippen molar-refractivity contribution < 1.29 is 4.92 Å². The number of rotatable bonds is 5. The highest BCUT2D eigenvalue weighted by Gasteiger charge is 2.11. The molecule has 1 heterocycles. The second-order valence-electron chi connectivity index (χ2n) is 4.33. The van der Waals surface area contributed by atoms with Crippen molar-refractivity contribution >= 4 is 22.7 Å². The van der Waals surface area contributed by atoms with Crippen molar-refractivity contribution in [2.24, 2.45) is 0 Å².